The Morgan fingerprint density at radius 1 is 1.09 bits per heavy atom. The largest absolute Gasteiger partial charge is 0.444 e. The van der Waals surface area contributed by atoms with Crippen LogP contribution in [0.5, 0.6) is 0 Å². The predicted octanol–water partition coefficient (Wildman–Crippen LogP) is -0.345. The number of carbonyl (C=O) groups is 5. The second-order valence-corrected chi connectivity index (χ2v) is 9.04. The summed E-state index contributed by atoms with van der Waals surface area (Å²) in [4.78, 5) is 62.2. The van der Waals surface area contributed by atoms with E-state index in [0.717, 1.165) is 0 Å². The molecular weight excluding hydrogens is 422 g/mol. The first-order valence-corrected chi connectivity index (χ1v) is 10.6. The van der Waals surface area contributed by atoms with Gasteiger partial charge < -0.3 is 25.6 Å². The van der Waals surface area contributed by atoms with Gasteiger partial charge in [0.05, 0.1) is 6.54 Å². The molecule has 12 nitrogen and oxygen atoms in total. The van der Waals surface area contributed by atoms with Crippen molar-refractivity contribution in [1.29, 1.82) is 0 Å². The topological polar surface area (TPSA) is 166 Å². The zero-order valence-corrected chi connectivity index (χ0v) is 19.3. The Hall–Kier alpha value is -2.89. The van der Waals surface area contributed by atoms with Crippen molar-refractivity contribution >= 4 is 29.7 Å². The molecule has 1 aliphatic heterocycles. The normalized spacial score (nSPS) is 16.8. The number of ether oxygens (including phenoxy) is 1. The molecule has 0 aromatic heterocycles. The zero-order chi connectivity index (χ0) is 24.5. The molecule has 5 amide bonds. The van der Waals surface area contributed by atoms with E-state index in [1.807, 2.05) is 13.8 Å². The summed E-state index contributed by atoms with van der Waals surface area (Å²) in [5, 5.41) is 15.9. The van der Waals surface area contributed by atoms with E-state index in [1.165, 1.54) is 10.4 Å². The number of hydrogen-bond acceptors (Lipinski definition) is 7. The van der Waals surface area contributed by atoms with Crippen molar-refractivity contribution in [2.45, 2.75) is 71.6 Å². The number of hydroxylamine groups is 1. The summed E-state index contributed by atoms with van der Waals surface area (Å²) in [6, 6.07) is -1.68. The molecule has 0 spiro atoms. The van der Waals surface area contributed by atoms with Crippen LogP contribution in [0.2, 0.25) is 0 Å². The summed E-state index contributed by atoms with van der Waals surface area (Å²) in [7, 11) is 0. The van der Waals surface area contributed by atoms with Gasteiger partial charge in [0.2, 0.25) is 17.7 Å². The highest BCUT2D eigenvalue weighted by molar-refractivity contribution is 5.94. The summed E-state index contributed by atoms with van der Waals surface area (Å²) in [6.07, 6.45) is 0.617. The molecular formula is C20H35N5O7. The standard InChI is InChI=1S/C20H35N5O7/c1-12(2)9-13(17(28)21-10-15(26)24-31)23-18(29)14-7-6-8-25(14)16(27)11-22-19(30)32-20(3,4)5/h12-14,31H,6-11H2,1-5H3,(H,21,28)(H,22,30)(H,23,29)(H,24,26)/t13-,14-/m0/s1. The number of alkyl carbamates (subject to hydrolysis) is 1. The summed E-state index contributed by atoms with van der Waals surface area (Å²) in [5.74, 6) is -2.22. The monoisotopic (exact) mass is 457 g/mol. The quantitative estimate of drug-likeness (QED) is 0.233. The van der Waals surface area contributed by atoms with E-state index in [2.05, 4.69) is 16.0 Å². The molecule has 5 N–H and O–H groups in total. The molecule has 1 aliphatic rings. The van der Waals surface area contributed by atoms with Gasteiger partial charge in [-0.2, -0.15) is 0 Å². The number of likely N-dealkylation sites (tertiary alicyclic amines) is 1. The number of carbonyl (C=O) groups excluding carboxylic acids is 5. The summed E-state index contributed by atoms with van der Waals surface area (Å²) >= 11 is 0. The van der Waals surface area contributed by atoms with Crippen LogP contribution in [0.1, 0.15) is 53.9 Å². The third-order valence-electron chi connectivity index (χ3n) is 4.55. The summed E-state index contributed by atoms with van der Waals surface area (Å²) < 4.78 is 5.10. The Bertz CT molecular complexity index is 705. The first kappa shape index (κ1) is 27.1. The van der Waals surface area contributed by atoms with Gasteiger partial charge in [-0.05, 0) is 46.0 Å². The van der Waals surface area contributed by atoms with Gasteiger partial charge in [0, 0.05) is 6.54 Å². The van der Waals surface area contributed by atoms with E-state index in [4.69, 9.17) is 9.94 Å². The molecule has 0 saturated carbocycles. The number of rotatable bonds is 9. The second kappa shape index (κ2) is 12.2. The minimum atomic E-state index is -0.911. The number of amides is 5. The number of nitrogens with one attached hydrogen (secondary N) is 4. The second-order valence-electron chi connectivity index (χ2n) is 9.04. The van der Waals surface area contributed by atoms with Gasteiger partial charge in [-0.15, -0.1) is 0 Å². The van der Waals surface area contributed by atoms with Crippen LogP contribution in [0, 0.1) is 5.92 Å². The highest BCUT2D eigenvalue weighted by Gasteiger charge is 2.36. The lowest BCUT2D eigenvalue weighted by Gasteiger charge is -2.27. The van der Waals surface area contributed by atoms with Crippen molar-refractivity contribution in [3.63, 3.8) is 0 Å². The molecule has 12 heteroatoms. The van der Waals surface area contributed by atoms with Gasteiger partial charge in [0.15, 0.2) is 0 Å². The molecule has 0 unspecified atom stereocenters. The van der Waals surface area contributed by atoms with Crippen molar-refractivity contribution < 1.29 is 33.9 Å². The Kier molecular flexibility index (Phi) is 10.4. The average Bonchev–Trinajstić information content (AvgIpc) is 3.17. The van der Waals surface area contributed by atoms with Gasteiger partial charge in [-0.1, -0.05) is 13.8 Å². The van der Waals surface area contributed by atoms with Gasteiger partial charge in [-0.3, -0.25) is 24.4 Å². The van der Waals surface area contributed by atoms with Crippen molar-refractivity contribution in [2.75, 3.05) is 19.6 Å². The maximum Gasteiger partial charge on any atom is 0.408 e. The van der Waals surface area contributed by atoms with Crippen LogP contribution in [-0.4, -0.2) is 77.1 Å². The minimum absolute atomic E-state index is 0.0667. The van der Waals surface area contributed by atoms with Gasteiger partial charge in [-0.25, -0.2) is 10.3 Å². The molecule has 182 valence electrons. The van der Waals surface area contributed by atoms with E-state index >= 15 is 0 Å². The van der Waals surface area contributed by atoms with Crippen LogP contribution >= 0.6 is 0 Å². The van der Waals surface area contributed by atoms with E-state index < -0.39 is 54.0 Å². The molecule has 32 heavy (non-hydrogen) atoms. The summed E-state index contributed by atoms with van der Waals surface area (Å²) in [5.41, 5.74) is 0.711. The van der Waals surface area contributed by atoms with Crippen LogP contribution in [0.25, 0.3) is 0 Å². The molecule has 0 aliphatic carbocycles. The molecule has 1 saturated heterocycles. The molecule has 0 radical (unpaired) electrons. The number of hydrogen-bond donors (Lipinski definition) is 5. The highest BCUT2D eigenvalue weighted by Crippen LogP contribution is 2.18. The first-order chi connectivity index (χ1) is 14.8. The molecule has 0 bridgehead atoms. The van der Waals surface area contributed by atoms with Crippen molar-refractivity contribution in [1.82, 2.24) is 26.3 Å². The average molecular weight is 458 g/mol. The molecule has 1 fully saturated rings. The maximum absolute atomic E-state index is 12.9. The van der Waals surface area contributed by atoms with Crippen LogP contribution in [0.4, 0.5) is 4.79 Å². The van der Waals surface area contributed by atoms with E-state index in [1.54, 1.807) is 20.8 Å². The maximum atomic E-state index is 12.9. The lowest BCUT2D eigenvalue weighted by Crippen LogP contribution is -2.55. The SMILES string of the molecule is CC(C)C[C@H](NC(=O)[C@@H]1CCCN1C(=O)CNC(=O)OC(C)(C)C)C(=O)NCC(=O)NO. The third-order valence-corrected chi connectivity index (χ3v) is 4.55. The van der Waals surface area contributed by atoms with Crippen molar-refractivity contribution in [3.05, 3.63) is 0 Å². The Labute approximate surface area is 187 Å². The molecule has 1 rings (SSSR count). The van der Waals surface area contributed by atoms with Gasteiger partial charge in [0.1, 0.15) is 24.2 Å². The summed E-state index contributed by atoms with van der Waals surface area (Å²) in [6.45, 7) is 8.46. The zero-order valence-electron chi connectivity index (χ0n) is 19.3. The van der Waals surface area contributed by atoms with E-state index in [0.29, 0.717) is 25.8 Å². The van der Waals surface area contributed by atoms with Crippen LogP contribution in [0.15, 0.2) is 0 Å². The fourth-order valence-corrected chi connectivity index (χ4v) is 3.20. The smallest absolute Gasteiger partial charge is 0.408 e. The van der Waals surface area contributed by atoms with Gasteiger partial charge in [0.25, 0.3) is 5.91 Å². The number of nitrogens with zero attached hydrogens (tertiary/aromatic N) is 1. The predicted molar refractivity (Wildman–Crippen MR) is 113 cm³/mol. The lowest BCUT2D eigenvalue weighted by atomic mass is 10.0. The van der Waals surface area contributed by atoms with E-state index in [9.17, 15) is 24.0 Å². The fourth-order valence-electron chi connectivity index (χ4n) is 3.20. The molecule has 1 heterocycles. The van der Waals surface area contributed by atoms with Gasteiger partial charge >= 0.3 is 6.09 Å². The van der Waals surface area contributed by atoms with Crippen molar-refractivity contribution in [3.8, 4) is 0 Å². The van der Waals surface area contributed by atoms with Crippen molar-refractivity contribution in [2.24, 2.45) is 5.92 Å². The molecule has 0 aromatic rings. The fraction of sp³-hybridized carbons (Fsp3) is 0.750. The molecule has 2 atom stereocenters. The van der Waals surface area contributed by atoms with Crippen LogP contribution < -0.4 is 21.4 Å². The third kappa shape index (κ3) is 9.50. The first-order valence-electron chi connectivity index (χ1n) is 10.6. The lowest BCUT2D eigenvalue weighted by molar-refractivity contribution is -0.139. The van der Waals surface area contributed by atoms with E-state index in [-0.39, 0.29) is 12.5 Å². The molecule has 0 aromatic carbocycles. The Morgan fingerprint density at radius 2 is 1.75 bits per heavy atom. The Balaban J connectivity index is 2.72. The Morgan fingerprint density at radius 3 is 2.31 bits per heavy atom. The minimum Gasteiger partial charge on any atom is -0.444 e. The van der Waals surface area contributed by atoms with Crippen LogP contribution in [0.3, 0.4) is 0 Å². The van der Waals surface area contributed by atoms with Crippen LogP contribution in [-0.2, 0) is 23.9 Å². The highest BCUT2D eigenvalue weighted by atomic mass is 16.6.